The topological polar surface area (TPSA) is 59.6 Å². The van der Waals surface area contributed by atoms with E-state index in [-0.39, 0.29) is 35.1 Å². The molecule has 4 heteroatoms. The molecule has 1 fully saturated rings. The average molecular weight is 738 g/mol. The van der Waals surface area contributed by atoms with Crippen LogP contribution in [0.15, 0.2) is 199 Å². The fraction of sp³-hybridized carbons (Fsp3) is 0.151. The summed E-state index contributed by atoms with van der Waals surface area (Å²) in [5, 5.41) is 3.73. The van der Waals surface area contributed by atoms with E-state index in [9.17, 15) is 0 Å². The van der Waals surface area contributed by atoms with E-state index in [0.717, 1.165) is 52.7 Å². The minimum atomic E-state index is -0.296. The number of ether oxygens (including phenoxy) is 1. The van der Waals surface area contributed by atoms with Crippen molar-refractivity contribution >= 4 is 22.7 Å². The first kappa shape index (κ1) is 33.7. The summed E-state index contributed by atoms with van der Waals surface area (Å²) in [5.41, 5.74) is 19.0. The van der Waals surface area contributed by atoms with Crippen molar-refractivity contribution in [2.75, 3.05) is 0 Å². The van der Waals surface area contributed by atoms with E-state index in [1.807, 2.05) is 0 Å². The number of aliphatic imine (C=N–C) groups is 1. The monoisotopic (exact) mass is 737 g/mol. The highest BCUT2D eigenvalue weighted by molar-refractivity contribution is 6.05. The van der Waals surface area contributed by atoms with Crippen LogP contribution in [0.1, 0.15) is 57.8 Å². The molecule has 1 saturated carbocycles. The molecule has 5 unspecified atom stereocenters. The predicted molar refractivity (Wildman–Crippen MR) is 232 cm³/mol. The Kier molecular flexibility index (Phi) is 7.99. The number of nitrogens with zero attached hydrogens (tertiary/aromatic N) is 1. The van der Waals surface area contributed by atoms with Crippen LogP contribution in [-0.4, -0.2) is 5.84 Å². The van der Waals surface area contributed by atoms with Gasteiger partial charge in [-0.15, -0.1) is 0 Å². The van der Waals surface area contributed by atoms with E-state index in [1.165, 1.54) is 39.0 Å². The number of rotatable bonds is 5. The lowest BCUT2D eigenvalue weighted by molar-refractivity contribution is 0.310. The average Bonchev–Trinajstić information content (AvgIpc) is 3.56. The first-order valence-corrected chi connectivity index (χ1v) is 20.3. The van der Waals surface area contributed by atoms with Gasteiger partial charge in [0.25, 0.3) is 0 Å². The molecule has 5 aromatic rings. The summed E-state index contributed by atoms with van der Waals surface area (Å²) in [6.45, 7) is 0. The van der Waals surface area contributed by atoms with Crippen molar-refractivity contribution in [3.05, 3.63) is 233 Å². The second kappa shape index (κ2) is 13.5. The zero-order valence-electron chi connectivity index (χ0n) is 31.6. The van der Waals surface area contributed by atoms with Crippen molar-refractivity contribution < 1.29 is 4.74 Å². The van der Waals surface area contributed by atoms with Gasteiger partial charge in [-0.25, -0.2) is 0 Å². The minimum absolute atomic E-state index is 0.131. The Morgan fingerprint density at radius 3 is 2.04 bits per heavy atom. The summed E-state index contributed by atoms with van der Waals surface area (Å²) in [6, 6.07) is 45.5. The van der Waals surface area contributed by atoms with Gasteiger partial charge in [0.2, 0.25) is 0 Å². The van der Waals surface area contributed by atoms with Crippen LogP contribution in [0.5, 0.6) is 11.5 Å². The second-order valence-corrected chi connectivity index (χ2v) is 16.0. The summed E-state index contributed by atoms with van der Waals surface area (Å²) < 4.78 is 6.58. The summed E-state index contributed by atoms with van der Waals surface area (Å²) in [7, 11) is 0. The Hall–Kier alpha value is -6.65. The molecule has 5 aromatic carbocycles. The molecule has 0 amide bonds. The number of allylic oxidation sites excluding steroid dienone is 11. The van der Waals surface area contributed by atoms with Gasteiger partial charge in [0.15, 0.2) is 0 Å². The highest BCUT2D eigenvalue weighted by Crippen LogP contribution is 2.67. The van der Waals surface area contributed by atoms with Crippen LogP contribution in [0, 0.1) is 23.7 Å². The van der Waals surface area contributed by atoms with E-state index in [0.29, 0.717) is 0 Å². The summed E-state index contributed by atoms with van der Waals surface area (Å²) in [4.78, 5) is 5.25. The van der Waals surface area contributed by atoms with Crippen molar-refractivity contribution in [1.29, 1.82) is 0 Å². The van der Waals surface area contributed by atoms with E-state index >= 15 is 0 Å². The predicted octanol–water partition coefficient (Wildman–Crippen LogP) is 11.5. The molecule has 2 aliphatic heterocycles. The third kappa shape index (κ3) is 5.54. The number of amidine groups is 1. The van der Waals surface area contributed by atoms with Crippen molar-refractivity contribution in [1.82, 2.24) is 5.32 Å². The summed E-state index contributed by atoms with van der Waals surface area (Å²) in [5.74, 6) is 3.65. The smallest absolute Gasteiger partial charge is 0.133 e. The highest BCUT2D eigenvalue weighted by Gasteiger charge is 2.62. The Labute approximate surface area is 334 Å². The second-order valence-electron chi connectivity index (χ2n) is 16.0. The summed E-state index contributed by atoms with van der Waals surface area (Å²) in [6.07, 6.45) is 25.5. The largest absolute Gasteiger partial charge is 0.457 e. The molecule has 0 bridgehead atoms. The minimum Gasteiger partial charge on any atom is -0.457 e. The number of para-hydroxylation sites is 2. The van der Waals surface area contributed by atoms with Gasteiger partial charge in [0.1, 0.15) is 17.3 Å². The Balaban J connectivity index is 0.970. The third-order valence-electron chi connectivity index (χ3n) is 12.9. The van der Waals surface area contributed by atoms with E-state index in [1.54, 1.807) is 0 Å². The van der Waals surface area contributed by atoms with E-state index in [4.69, 9.17) is 15.5 Å². The Morgan fingerprint density at radius 1 is 0.596 bits per heavy atom. The molecule has 276 valence electrons. The zero-order chi connectivity index (χ0) is 37.9. The molecule has 11 rings (SSSR count). The quantitative estimate of drug-likeness (QED) is 0.189. The van der Waals surface area contributed by atoms with Crippen LogP contribution in [-0.2, 0) is 5.41 Å². The number of nitrogens with one attached hydrogen (secondary N) is 1. The first-order valence-electron chi connectivity index (χ1n) is 20.3. The van der Waals surface area contributed by atoms with Gasteiger partial charge in [-0.1, -0.05) is 158 Å². The lowest BCUT2D eigenvalue weighted by Crippen LogP contribution is -2.41. The van der Waals surface area contributed by atoms with Gasteiger partial charge in [0.05, 0.1) is 6.04 Å². The van der Waals surface area contributed by atoms with Crippen molar-refractivity contribution in [3.63, 3.8) is 0 Å². The highest BCUT2D eigenvalue weighted by atomic mass is 16.5. The van der Waals surface area contributed by atoms with Gasteiger partial charge in [-0.2, -0.15) is 0 Å². The van der Waals surface area contributed by atoms with Crippen LogP contribution in [0.2, 0.25) is 0 Å². The van der Waals surface area contributed by atoms with Crippen LogP contribution >= 0.6 is 0 Å². The van der Waals surface area contributed by atoms with Gasteiger partial charge in [0, 0.05) is 33.5 Å². The van der Waals surface area contributed by atoms with Crippen LogP contribution in [0.3, 0.4) is 0 Å². The molecule has 3 N–H and O–H groups in total. The number of benzene rings is 5. The first-order chi connectivity index (χ1) is 28.1. The maximum absolute atomic E-state index is 6.60. The molecule has 4 aliphatic carbocycles. The molecular weight excluding hydrogens is 695 g/mol. The normalized spacial score (nSPS) is 24.6. The maximum atomic E-state index is 6.60. The standard InChI is InChI=1S/C53H43N3O/c54-41-27-29-45-43(32-41)42-31-39(26-28-44(42)53(45)46-18-7-9-20-50(46)57-51-21-10-8-19-47(51)53)38-16-11-17-40(30-38)49-33-48(55-52(56-49)37-14-5-2-6-15-37)36-24-22-35(23-25-36)34-12-3-1-4-13-34/h2-3,5-33,42-45,48H,1,4,54H2,(H,55,56). The number of nitrogens with two attached hydrogens (primary N) is 1. The third-order valence-corrected chi connectivity index (χ3v) is 12.9. The fourth-order valence-electron chi connectivity index (χ4n) is 10.4. The SMILES string of the molecule is NC1=CC2C3C=C(c4cccc(C5=CC(c6ccc(C7=CCCC=C7)cc6)N=C(c6ccccc6)N5)c4)C=CC3C3(c4ccccc4Oc4ccccc43)C2C=C1. The van der Waals surface area contributed by atoms with E-state index in [2.05, 4.69) is 193 Å². The van der Waals surface area contributed by atoms with Gasteiger partial charge < -0.3 is 15.8 Å². The number of hydrogen-bond donors (Lipinski definition) is 2. The molecule has 57 heavy (non-hydrogen) atoms. The maximum Gasteiger partial charge on any atom is 0.133 e. The molecule has 1 spiro atoms. The van der Waals surface area contributed by atoms with Crippen molar-refractivity contribution in [2.24, 2.45) is 34.4 Å². The van der Waals surface area contributed by atoms with Crippen LogP contribution in [0.4, 0.5) is 0 Å². The lowest BCUT2D eigenvalue weighted by Gasteiger charge is -2.45. The molecule has 6 aliphatic rings. The molecule has 5 atom stereocenters. The Bertz CT molecular complexity index is 2620. The van der Waals surface area contributed by atoms with Crippen LogP contribution in [0.25, 0.3) is 16.8 Å². The molecule has 2 heterocycles. The van der Waals surface area contributed by atoms with Crippen molar-refractivity contribution in [2.45, 2.75) is 24.3 Å². The molecule has 0 radical (unpaired) electrons. The lowest BCUT2D eigenvalue weighted by atomic mass is 9.59. The van der Waals surface area contributed by atoms with Gasteiger partial charge in [-0.3, -0.25) is 4.99 Å². The van der Waals surface area contributed by atoms with Gasteiger partial charge >= 0.3 is 0 Å². The number of fused-ring (bicyclic) bond motifs is 9. The molecule has 0 saturated heterocycles. The zero-order valence-corrected chi connectivity index (χ0v) is 31.6. The van der Waals surface area contributed by atoms with E-state index < -0.39 is 0 Å². The molecule has 4 nitrogen and oxygen atoms in total. The fourth-order valence-corrected chi connectivity index (χ4v) is 10.4. The molecular formula is C53H43N3O. The van der Waals surface area contributed by atoms with Crippen molar-refractivity contribution in [3.8, 4) is 11.5 Å². The summed E-state index contributed by atoms with van der Waals surface area (Å²) >= 11 is 0. The van der Waals surface area contributed by atoms with Gasteiger partial charge in [-0.05, 0) is 100 Å². The Morgan fingerprint density at radius 2 is 1.28 bits per heavy atom. The number of hydrogen-bond acceptors (Lipinski definition) is 4. The molecule has 0 aromatic heterocycles. The van der Waals surface area contributed by atoms with Crippen LogP contribution < -0.4 is 15.8 Å².